The summed E-state index contributed by atoms with van der Waals surface area (Å²) >= 11 is 1.47. The number of thiazole rings is 1. The van der Waals surface area contributed by atoms with Crippen molar-refractivity contribution in [3.05, 3.63) is 54.6 Å². The Bertz CT molecular complexity index is 1300. The number of anilines is 2. The third-order valence-electron chi connectivity index (χ3n) is 6.13. The lowest BCUT2D eigenvalue weighted by molar-refractivity contribution is -0.120. The average molecular weight is 490 g/mol. The van der Waals surface area contributed by atoms with Crippen molar-refractivity contribution in [2.24, 2.45) is 5.92 Å². The second kappa shape index (κ2) is 10.3. The Kier molecular flexibility index (Phi) is 6.76. The molecule has 2 aromatic carbocycles. The van der Waals surface area contributed by atoms with Gasteiger partial charge in [-0.05, 0) is 74.4 Å². The molecule has 1 N–H and O–H groups in total. The van der Waals surface area contributed by atoms with Crippen LogP contribution in [0.3, 0.4) is 0 Å². The van der Waals surface area contributed by atoms with E-state index < -0.39 is 0 Å². The van der Waals surface area contributed by atoms with Crippen molar-refractivity contribution in [1.82, 2.24) is 15.2 Å². The molecule has 0 radical (unpaired) electrons. The molecule has 1 aliphatic rings. The molecule has 1 saturated heterocycles. The van der Waals surface area contributed by atoms with Gasteiger partial charge in [-0.15, -0.1) is 10.2 Å². The van der Waals surface area contributed by atoms with E-state index in [1.807, 2.05) is 61.5 Å². The summed E-state index contributed by atoms with van der Waals surface area (Å²) in [7, 11) is 1.65. The number of carbonyl (C=O) groups excluding carboxylic acids is 1. The van der Waals surface area contributed by atoms with Crippen LogP contribution in [-0.2, 0) is 4.79 Å². The number of nitrogens with zero attached hydrogens (tertiary/aromatic N) is 4. The molecule has 3 heterocycles. The predicted molar refractivity (Wildman–Crippen MR) is 138 cm³/mol. The Morgan fingerprint density at radius 3 is 2.51 bits per heavy atom. The van der Waals surface area contributed by atoms with Crippen LogP contribution in [0.2, 0.25) is 0 Å². The van der Waals surface area contributed by atoms with E-state index in [-0.39, 0.29) is 11.8 Å². The summed E-state index contributed by atoms with van der Waals surface area (Å²) in [4.78, 5) is 19.6. The zero-order chi connectivity index (χ0) is 24.2. The van der Waals surface area contributed by atoms with E-state index in [4.69, 9.17) is 9.47 Å². The quantitative estimate of drug-likeness (QED) is 0.390. The molecule has 8 nitrogen and oxygen atoms in total. The topological polar surface area (TPSA) is 89.5 Å². The Morgan fingerprint density at radius 1 is 1.06 bits per heavy atom. The van der Waals surface area contributed by atoms with E-state index in [2.05, 4.69) is 25.4 Å². The lowest BCUT2D eigenvalue weighted by atomic mass is 9.96. The van der Waals surface area contributed by atoms with E-state index in [1.54, 1.807) is 7.11 Å². The van der Waals surface area contributed by atoms with Gasteiger partial charge in [-0.3, -0.25) is 4.79 Å². The Morgan fingerprint density at radius 2 is 1.83 bits per heavy atom. The first-order chi connectivity index (χ1) is 17.1. The number of hydrogen-bond donors (Lipinski definition) is 1. The first kappa shape index (κ1) is 23.0. The molecule has 0 bridgehead atoms. The Labute approximate surface area is 207 Å². The van der Waals surface area contributed by atoms with Gasteiger partial charge in [0.05, 0.1) is 29.6 Å². The van der Waals surface area contributed by atoms with Crippen molar-refractivity contribution in [1.29, 1.82) is 0 Å². The minimum atomic E-state index is -0.0521. The molecule has 5 rings (SSSR count). The van der Waals surface area contributed by atoms with Crippen LogP contribution in [0.5, 0.6) is 11.5 Å². The fourth-order valence-electron chi connectivity index (χ4n) is 4.20. The normalized spacial score (nSPS) is 14.2. The minimum Gasteiger partial charge on any atom is -0.497 e. The molecule has 180 valence electrons. The molecular weight excluding hydrogens is 462 g/mol. The molecule has 1 amide bonds. The van der Waals surface area contributed by atoms with Crippen molar-refractivity contribution >= 4 is 38.4 Å². The van der Waals surface area contributed by atoms with E-state index in [0.717, 1.165) is 64.7 Å². The van der Waals surface area contributed by atoms with Crippen molar-refractivity contribution in [3.63, 3.8) is 0 Å². The van der Waals surface area contributed by atoms with E-state index >= 15 is 0 Å². The fourth-order valence-corrected chi connectivity index (χ4v) is 5.10. The number of nitrogens with one attached hydrogen (secondary N) is 1. The molecule has 0 saturated carbocycles. The van der Waals surface area contributed by atoms with Crippen LogP contribution in [0.1, 0.15) is 19.8 Å². The Hall–Kier alpha value is -3.72. The highest BCUT2D eigenvalue weighted by Crippen LogP contribution is 2.31. The standard InChI is InChI=1S/C26H27N5O3S/c1-3-34-20-8-9-22-23(16-20)35-26(27-22)28-25(32)18-12-14-31(15-13-18)24-11-10-21(29-30-24)17-4-6-19(33-2)7-5-17/h4-11,16,18H,3,12-15H2,1-2H3,(H,27,28,32). The van der Waals surface area contributed by atoms with Crippen molar-refractivity contribution < 1.29 is 14.3 Å². The third kappa shape index (κ3) is 5.19. The van der Waals surface area contributed by atoms with Gasteiger partial charge in [-0.1, -0.05) is 11.3 Å². The molecule has 0 spiro atoms. The van der Waals surface area contributed by atoms with Crippen LogP contribution in [0.25, 0.3) is 21.5 Å². The molecule has 9 heteroatoms. The van der Waals surface area contributed by atoms with Crippen molar-refractivity contribution in [2.45, 2.75) is 19.8 Å². The molecule has 0 unspecified atom stereocenters. The van der Waals surface area contributed by atoms with Gasteiger partial charge in [-0.2, -0.15) is 0 Å². The maximum absolute atomic E-state index is 12.9. The highest BCUT2D eigenvalue weighted by Gasteiger charge is 2.26. The Balaban J connectivity index is 1.17. The highest BCUT2D eigenvalue weighted by atomic mass is 32.1. The number of piperidine rings is 1. The molecule has 4 aromatic rings. The average Bonchev–Trinajstić information content (AvgIpc) is 3.30. The molecule has 1 fully saturated rings. The predicted octanol–water partition coefficient (Wildman–Crippen LogP) is 5.02. The number of hydrogen-bond acceptors (Lipinski definition) is 8. The summed E-state index contributed by atoms with van der Waals surface area (Å²) in [6.07, 6.45) is 1.51. The maximum Gasteiger partial charge on any atom is 0.229 e. The number of carbonyl (C=O) groups is 1. The molecule has 1 aliphatic heterocycles. The zero-order valence-electron chi connectivity index (χ0n) is 19.7. The van der Waals surface area contributed by atoms with Gasteiger partial charge in [0.2, 0.25) is 5.91 Å². The number of ether oxygens (including phenoxy) is 2. The summed E-state index contributed by atoms with van der Waals surface area (Å²) in [5.41, 5.74) is 2.67. The minimum absolute atomic E-state index is 0.0228. The molecular formula is C26H27N5O3S. The lowest BCUT2D eigenvalue weighted by Gasteiger charge is -2.31. The monoisotopic (exact) mass is 489 g/mol. The van der Waals surface area contributed by atoms with Gasteiger partial charge in [0, 0.05) is 24.6 Å². The number of fused-ring (bicyclic) bond motifs is 1. The van der Waals surface area contributed by atoms with Crippen LogP contribution in [0.15, 0.2) is 54.6 Å². The molecule has 35 heavy (non-hydrogen) atoms. The SMILES string of the molecule is CCOc1ccc2nc(NC(=O)C3CCN(c4ccc(-c5ccc(OC)cc5)nn4)CC3)sc2c1. The smallest absolute Gasteiger partial charge is 0.229 e. The summed E-state index contributed by atoms with van der Waals surface area (Å²) in [5.74, 6) is 2.42. The van der Waals surface area contributed by atoms with Gasteiger partial charge >= 0.3 is 0 Å². The number of aromatic nitrogens is 3. The van der Waals surface area contributed by atoms with Crippen LogP contribution in [-0.4, -0.2) is 47.9 Å². The summed E-state index contributed by atoms with van der Waals surface area (Å²) in [6, 6.07) is 17.5. The lowest BCUT2D eigenvalue weighted by Crippen LogP contribution is -2.38. The first-order valence-electron chi connectivity index (χ1n) is 11.7. The van der Waals surface area contributed by atoms with Gasteiger partial charge in [0.25, 0.3) is 0 Å². The van der Waals surface area contributed by atoms with Gasteiger partial charge < -0.3 is 19.7 Å². The largest absolute Gasteiger partial charge is 0.497 e. The van der Waals surface area contributed by atoms with Crippen LogP contribution in [0.4, 0.5) is 10.9 Å². The molecule has 0 atom stereocenters. The molecule has 2 aromatic heterocycles. The third-order valence-corrected chi connectivity index (χ3v) is 7.06. The van der Waals surface area contributed by atoms with Crippen molar-refractivity contribution in [3.8, 4) is 22.8 Å². The first-order valence-corrected chi connectivity index (χ1v) is 12.5. The van der Waals surface area contributed by atoms with Crippen molar-refractivity contribution in [2.75, 3.05) is 37.0 Å². The number of methoxy groups -OCH3 is 1. The summed E-state index contributed by atoms with van der Waals surface area (Å²) in [5, 5.41) is 12.5. The van der Waals surface area contributed by atoms with Crippen LogP contribution in [0, 0.1) is 5.92 Å². The molecule has 0 aliphatic carbocycles. The number of amides is 1. The van der Waals surface area contributed by atoms with Crippen LogP contribution < -0.4 is 19.7 Å². The summed E-state index contributed by atoms with van der Waals surface area (Å²) in [6.45, 7) is 4.08. The van der Waals surface area contributed by atoms with Gasteiger partial charge in [0.15, 0.2) is 10.9 Å². The van der Waals surface area contributed by atoms with Gasteiger partial charge in [-0.25, -0.2) is 4.98 Å². The highest BCUT2D eigenvalue weighted by molar-refractivity contribution is 7.22. The summed E-state index contributed by atoms with van der Waals surface area (Å²) < 4.78 is 11.8. The number of benzene rings is 2. The van der Waals surface area contributed by atoms with Gasteiger partial charge in [0.1, 0.15) is 11.5 Å². The number of rotatable bonds is 7. The van der Waals surface area contributed by atoms with E-state index in [1.165, 1.54) is 11.3 Å². The second-order valence-corrected chi connectivity index (χ2v) is 9.37. The fraction of sp³-hybridized carbons (Fsp3) is 0.308. The van der Waals surface area contributed by atoms with E-state index in [9.17, 15) is 4.79 Å². The zero-order valence-corrected chi connectivity index (χ0v) is 20.5. The second-order valence-electron chi connectivity index (χ2n) is 8.34. The van der Waals surface area contributed by atoms with Crippen LogP contribution >= 0.6 is 11.3 Å². The maximum atomic E-state index is 12.9. The van der Waals surface area contributed by atoms with E-state index in [0.29, 0.717) is 11.7 Å².